The van der Waals surface area contributed by atoms with Gasteiger partial charge in [0.25, 0.3) is 0 Å². The van der Waals surface area contributed by atoms with Crippen molar-refractivity contribution in [1.29, 1.82) is 0 Å². The Morgan fingerprint density at radius 1 is 1.26 bits per heavy atom. The SMILES string of the molecule is CC(Cc1ccccc1)NCc1ccc(C(=O)O)s1. The molecule has 1 unspecified atom stereocenters. The van der Waals surface area contributed by atoms with Crippen molar-refractivity contribution in [3.8, 4) is 0 Å². The summed E-state index contributed by atoms with van der Waals surface area (Å²) in [4.78, 5) is 12.2. The fourth-order valence-electron chi connectivity index (χ4n) is 1.90. The van der Waals surface area contributed by atoms with Crippen LogP contribution in [-0.4, -0.2) is 17.1 Å². The summed E-state index contributed by atoms with van der Waals surface area (Å²) in [7, 11) is 0. The summed E-state index contributed by atoms with van der Waals surface area (Å²) in [6.45, 7) is 2.85. The Balaban J connectivity index is 1.83. The Labute approximate surface area is 116 Å². The lowest BCUT2D eigenvalue weighted by Crippen LogP contribution is -2.27. The predicted octanol–water partition coefficient (Wildman–Crippen LogP) is 3.17. The molecule has 1 heterocycles. The predicted molar refractivity (Wildman–Crippen MR) is 77.7 cm³/mol. The number of aromatic carboxylic acids is 1. The van der Waals surface area contributed by atoms with Crippen LogP contribution in [0.1, 0.15) is 27.0 Å². The summed E-state index contributed by atoms with van der Waals surface area (Å²) < 4.78 is 0. The van der Waals surface area contributed by atoms with Gasteiger partial charge in [-0.05, 0) is 31.0 Å². The molecule has 3 nitrogen and oxygen atoms in total. The zero-order valence-electron chi connectivity index (χ0n) is 10.8. The second kappa shape index (κ2) is 6.50. The normalized spacial score (nSPS) is 12.3. The van der Waals surface area contributed by atoms with Crippen LogP contribution in [0, 0.1) is 0 Å². The molecule has 1 aromatic heterocycles. The van der Waals surface area contributed by atoms with Gasteiger partial charge in [0.1, 0.15) is 4.88 Å². The largest absolute Gasteiger partial charge is 0.477 e. The number of hydrogen-bond acceptors (Lipinski definition) is 3. The van der Waals surface area contributed by atoms with Crippen LogP contribution in [0.25, 0.3) is 0 Å². The van der Waals surface area contributed by atoms with E-state index in [-0.39, 0.29) is 0 Å². The van der Waals surface area contributed by atoms with Crippen molar-refractivity contribution in [2.75, 3.05) is 0 Å². The van der Waals surface area contributed by atoms with Gasteiger partial charge in [-0.2, -0.15) is 0 Å². The van der Waals surface area contributed by atoms with Gasteiger partial charge in [-0.3, -0.25) is 0 Å². The van der Waals surface area contributed by atoms with Crippen LogP contribution in [0.4, 0.5) is 0 Å². The molecule has 2 N–H and O–H groups in total. The number of nitrogens with one attached hydrogen (secondary N) is 1. The van der Waals surface area contributed by atoms with Crippen molar-refractivity contribution in [3.05, 3.63) is 57.8 Å². The Morgan fingerprint density at radius 2 is 2.00 bits per heavy atom. The molecule has 1 atom stereocenters. The molecular weight excluding hydrogens is 258 g/mol. The van der Waals surface area contributed by atoms with Crippen molar-refractivity contribution >= 4 is 17.3 Å². The maximum atomic E-state index is 10.8. The molecule has 0 saturated heterocycles. The minimum atomic E-state index is -0.853. The van der Waals surface area contributed by atoms with E-state index in [1.165, 1.54) is 16.9 Å². The molecule has 0 aliphatic heterocycles. The fourth-order valence-corrected chi connectivity index (χ4v) is 2.70. The lowest BCUT2D eigenvalue weighted by molar-refractivity contribution is 0.0702. The summed E-state index contributed by atoms with van der Waals surface area (Å²) in [5.74, 6) is -0.853. The lowest BCUT2D eigenvalue weighted by Gasteiger charge is -2.13. The van der Waals surface area contributed by atoms with Crippen LogP contribution in [-0.2, 0) is 13.0 Å². The van der Waals surface area contributed by atoms with E-state index in [2.05, 4.69) is 24.4 Å². The third-order valence-electron chi connectivity index (χ3n) is 2.88. The zero-order valence-corrected chi connectivity index (χ0v) is 11.6. The molecule has 0 amide bonds. The number of carboxylic acids is 1. The first-order chi connectivity index (χ1) is 9.15. The van der Waals surface area contributed by atoms with Crippen LogP contribution >= 0.6 is 11.3 Å². The fraction of sp³-hybridized carbons (Fsp3) is 0.267. The molecule has 0 aliphatic carbocycles. The van der Waals surface area contributed by atoms with Crippen LogP contribution in [0.2, 0.25) is 0 Å². The van der Waals surface area contributed by atoms with E-state index >= 15 is 0 Å². The second-order valence-corrected chi connectivity index (χ2v) is 5.71. The van der Waals surface area contributed by atoms with Gasteiger partial charge >= 0.3 is 5.97 Å². The van der Waals surface area contributed by atoms with Gasteiger partial charge in [-0.1, -0.05) is 30.3 Å². The first-order valence-corrected chi connectivity index (χ1v) is 7.06. The molecular formula is C15H17NO2S. The Morgan fingerprint density at radius 3 is 2.63 bits per heavy atom. The third kappa shape index (κ3) is 4.19. The average Bonchev–Trinajstić information content (AvgIpc) is 2.86. The third-order valence-corrected chi connectivity index (χ3v) is 3.96. The van der Waals surface area contributed by atoms with E-state index in [4.69, 9.17) is 5.11 Å². The number of carbonyl (C=O) groups is 1. The molecule has 2 rings (SSSR count). The number of carboxylic acid groups (broad SMARTS) is 1. The maximum Gasteiger partial charge on any atom is 0.345 e. The quantitative estimate of drug-likeness (QED) is 0.851. The van der Waals surface area contributed by atoms with Crippen molar-refractivity contribution < 1.29 is 9.90 Å². The molecule has 4 heteroatoms. The molecule has 0 saturated carbocycles. The Kier molecular flexibility index (Phi) is 4.71. The summed E-state index contributed by atoms with van der Waals surface area (Å²) >= 11 is 1.33. The zero-order chi connectivity index (χ0) is 13.7. The topological polar surface area (TPSA) is 49.3 Å². The minimum Gasteiger partial charge on any atom is -0.477 e. The number of hydrogen-bond donors (Lipinski definition) is 2. The van der Waals surface area contributed by atoms with E-state index < -0.39 is 5.97 Å². The van der Waals surface area contributed by atoms with Gasteiger partial charge in [0, 0.05) is 17.5 Å². The van der Waals surface area contributed by atoms with E-state index in [0.717, 1.165) is 11.3 Å². The first kappa shape index (κ1) is 13.8. The molecule has 0 aliphatic rings. The highest BCUT2D eigenvalue weighted by molar-refractivity contribution is 7.13. The molecule has 100 valence electrons. The monoisotopic (exact) mass is 275 g/mol. The maximum absolute atomic E-state index is 10.8. The summed E-state index contributed by atoms with van der Waals surface area (Å²) in [6, 6.07) is 14.2. The first-order valence-electron chi connectivity index (χ1n) is 6.24. The van der Waals surface area contributed by atoms with E-state index in [1.807, 2.05) is 24.3 Å². The van der Waals surface area contributed by atoms with E-state index in [1.54, 1.807) is 6.07 Å². The second-order valence-electron chi connectivity index (χ2n) is 4.54. The highest BCUT2D eigenvalue weighted by Gasteiger charge is 2.08. The lowest BCUT2D eigenvalue weighted by atomic mass is 10.1. The minimum absolute atomic E-state index is 0.359. The smallest absolute Gasteiger partial charge is 0.345 e. The van der Waals surface area contributed by atoms with E-state index in [0.29, 0.717) is 17.5 Å². The molecule has 0 fully saturated rings. The van der Waals surface area contributed by atoms with Crippen molar-refractivity contribution in [3.63, 3.8) is 0 Å². The van der Waals surface area contributed by atoms with Crippen molar-refractivity contribution in [2.45, 2.75) is 25.9 Å². The number of thiophene rings is 1. The summed E-state index contributed by atoms with van der Waals surface area (Å²) in [5, 5.41) is 12.3. The van der Waals surface area contributed by atoms with Crippen molar-refractivity contribution in [2.24, 2.45) is 0 Å². The van der Waals surface area contributed by atoms with Crippen LogP contribution in [0.5, 0.6) is 0 Å². The van der Waals surface area contributed by atoms with Gasteiger partial charge in [0.2, 0.25) is 0 Å². The van der Waals surface area contributed by atoms with Crippen LogP contribution in [0.3, 0.4) is 0 Å². The van der Waals surface area contributed by atoms with Gasteiger partial charge < -0.3 is 10.4 Å². The highest BCUT2D eigenvalue weighted by atomic mass is 32.1. The summed E-state index contributed by atoms with van der Waals surface area (Å²) in [6.07, 6.45) is 0.970. The average molecular weight is 275 g/mol. The van der Waals surface area contributed by atoms with Crippen LogP contribution < -0.4 is 5.32 Å². The highest BCUT2D eigenvalue weighted by Crippen LogP contribution is 2.16. The molecule has 0 spiro atoms. The van der Waals surface area contributed by atoms with Gasteiger partial charge in [0.15, 0.2) is 0 Å². The van der Waals surface area contributed by atoms with Crippen LogP contribution in [0.15, 0.2) is 42.5 Å². The number of benzene rings is 1. The van der Waals surface area contributed by atoms with Gasteiger partial charge in [-0.15, -0.1) is 11.3 Å². The Bertz CT molecular complexity index is 536. The summed E-state index contributed by atoms with van der Waals surface area (Å²) in [5.41, 5.74) is 1.31. The molecule has 2 aromatic rings. The molecule has 19 heavy (non-hydrogen) atoms. The molecule has 0 radical (unpaired) electrons. The molecule has 1 aromatic carbocycles. The van der Waals surface area contributed by atoms with Gasteiger partial charge in [-0.25, -0.2) is 4.79 Å². The van der Waals surface area contributed by atoms with E-state index in [9.17, 15) is 4.79 Å². The number of rotatable bonds is 6. The van der Waals surface area contributed by atoms with Crippen molar-refractivity contribution in [1.82, 2.24) is 5.32 Å². The molecule has 0 bridgehead atoms. The standard InChI is InChI=1S/C15H17NO2S/c1-11(9-12-5-3-2-4-6-12)16-10-13-7-8-14(19-13)15(17)18/h2-8,11,16H,9-10H2,1H3,(H,17,18). The van der Waals surface area contributed by atoms with Gasteiger partial charge in [0.05, 0.1) is 0 Å². The Hall–Kier alpha value is -1.65.